The van der Waals surface area contributed by atoms with Gasteiger partial charge in [0, 0.05) is 37.8 Å². The molecule has 2 aliphatic rings. The highest BCUT2D eigenvalue weighted by atomic mass is 16.2. The number of rotatable bonds is 4. The number of likely N-dealkylation sites (N-methyl/N-ethyl adjacent to an activating group) is 1. The van der Waals surface area contributed by atoms with Gasteiger partial charge in [-0.15, -0.1) is 0 Å². The van der Waals surface area contributed by atoms with E-state index < -0.39 is 5.91 Å². The van der Waals surface area contributed by atoms with Crippen molar-refractivity contribution in [3.63, 3.8) is 0 Å². The Kier molecular flexibility index (Phi) is 5.12. The first-order valence-corrected chi connectivity index (χ1v) is 10.9. The second-order valence-electron chi connectivity index (χ2n) is 8.80. The Morgan fingerprint density at radius 2 is 2.00 bits per heavy atom. The zero-order valence-corrected chi connectivity index (χ0v) is 18.8. The molecular weight excluding hydrogens is 424 g/mol. The largest absolute Gasteiger partial charge is 0.349 e. The Hall–Kier alpha value is -3.73. The average Bonchev–Trinajstić information content (AvgIpc) is 3.47. The normalized spacial score (nSPS) is 20.5. The molecule has 0 aromatic carbocycles. The third kappa shape index (κ3) is 3.84. The Balaban J connectivity index is 1.35. The van der Waals surface area contributed by atoms with E-state index in [1.165, 1.54) is 0 Å². The number of aryl methyl sites for hydroxylation is 1. The lowest BCUT2D eigenvalue weighted by Crippen LogP contribution is -2.37. The van der Waals surface area contributed by atoms with Crippen LogP contribution >= 0.6 is 0 Å². The third-order valence-corrected chi connectivity index (χ3v) is 6.20. The molecule has 11 heteroatoms. The molecule has 33 heavy (non-hydrogen) atoms. The van der Waals surface area contributed by atoms with E-state index in [2.05, 4.69) is 30.8 Å². The fraction of sp³-hybridized carbons (Fsp3) is 0.409. The van der Waals surface area contributed by atoms with E-state index >= 15 is 0 Å². The number of hydrogen-bond donors (Lipinski definition) is 3. The minimum absolute atomic E-state index is 0.0255. The molecule has 0 spiro atoms. The molecule has 3 amide bonds. The number of nitrogens with zero attached hydrogens (tertiary/aromatic N) is 5. The summed E-state index contributed by atoms with van der Waals surface area (Å²) >= 11 is 0. The number of carbonyl (C=O) groups excluding carboxylic acids is 3. The molecule has 0 aliphatic carbocycles. The second kappa shape index (κ2) is 8.00. The lowest BCUT2D eigenvalue weighted by molar-refractivity contribution is 0.0913. The minimum atomic E-state index is -0.442. The molecule has 0 bridgehead atoms. The first-order valence-electron chi connectivity index (χ1n) is 10.9. The number of carbonyl (C=O) groups is 3. The van der Waals surface area contributed by atoms with Crippen molar-refractivity contribution in [1.29, 1.82) is 0 Å². The molecule has 0 saturated carbocycles. The minimum Gasteiger partial charge on any atom is -0.349 e. The summed E-state index contributed by atoms with van der Waals surface area (Å²) in [5.74, 6) is -0.375. The summed E-state index contributed by atoms with van der Waals surface area (Å²) in [6.45, 7) is 4.24. The molecule has 2 atom stereocenters. The van der Waals surface area contributed by atoms with Crippen molar-refractivity contribution in [2.45, 2.75) is 25.4 Å². The molecular formula is C22H26N8O3. The molecule has 0 radical (unpaired) electrons. The van der Waals surface area contributed by atoms with Crippen molar-refractivity contribution >= 4 is 34.6 Å². The van der Waals surface area contributed by atoms with Crippen LogP contribution in [0.2, 0.25) is 0 Å². The number of amides is 3. The van der Waals surface area contributed by atoms with Crippen LogP contribution in [0.3, 0.4) is 0 Å². The Labute approximate surface area is 190 Å². The lowest BCUT2D eigenvalue weighted by Gasteiger charge is -2.23. The van der Waals surface area contributed by atoms with Crippen molar-refractivity contribution in [2.75, 3.05) is 32.0 Å². The van der Waals surface area contributed by atoms with Gasteiger partial charge in [0.25, 0.3) is 17.7 Å². The topological polar surface area (TPSA) is 126 Å². The van der Waals surface area contributed by atoms with Crippen LogP contribution in [0, 0.1) is 0 Å². The Morgan fingerprint density at radius 3 is 2.76 bits per heavy atom. The molecule has 3 aromatic heterocycles. The molecule has 1 fully saturated rings. The highest BCUT2D eigenvalue weighted by molar-refractivity contribution is 6.05. The maximum absolute atomic E-state index is 12.9. The number of likely N-dealkylation sites (tertiary alicyclic amines) is 1. The first-order chi connectivity index (χ1) is 15.8. The quantitative estimate of drug-likeness (QED) is 0.539. The van der Waals surface area contributed by atoms with Crippen LogP contribution in [0.5, 0.6) is 0 Å². The predicted octanol–water partition coefficient (Wildman–Crippen LogP) is 0.760. The van der Waals surface area contributed by atoms with Crippen LogP contribution < -0.4 is 16.0 Å². The van der Waals surface area contributed by atoms with Crippen LogP contribution in [0.25, 0.3) is 11.0 Å². The van der Waals surface area contributed by atoms with Gasteiger partial charge in [-0.2, -0.15) is 0 Å². The van der Waals surface area contributed by atoms with Crippen LogP contribution in [0.1, 0.15) is 51.0 Å². The highest BCUT2D eigenvalue weighted by Crippen LogP contribution is 2.25. The van der Waals surface area contributed by atoms with Gasteiger partial charge in [-0.1, -0.05) is 0 Å². The predicted molar refractivity (Wildman–Crippen MR) is 121 cm³/mol. The smallest absolute Gasteiger partial charge is 0.287 e. The fourth-order valence-electron chi connectivity index (χ4n) is 4.49. The summed E-state index contributed by atoms with van der Waals surface area (Å²) in [7, 11) is 3.73. The molecule has 5 heterocycles. The zero-order valence-electron chi connectivity index (χ0n) is 18.8. The van der Waals surface area contributed by atoms with E-state index in [1.54, 1.807) is 36.0 Å². The maximum Gasteiger partial charge on any atom is 0.287 e. The molecule has 3 N–H and O–H groups in total. The van der Waals surface area contributed by atoms with Crippen molar-refractivity contribution in [1.82, 2.24) is 34.6 Å². The van der Waals surface area contributed by atoms with Crippen molar-refractivity contribution in [3.8, 4) is 0 Å². The number of fused-ring (bicyclic) bond motifs is 3. The van der Waals surface area contributed by atoms with Gasteiger partial charge in [-0.25, -0.2) is 9.97 Å². The van der Waals surface area contributed by atoms with E-state index in [9.17, 15) is 14.4 Å². The van der Waals surface area contributed by atoms with Gasteiger partial charge >= 0.3 is 0 Å². The third-order valence-electron chi connectivity index (χ3n) is 6.20. The standard InChI is InChI=1S/C22H26N8O3/c1-12-9-23-21(32)16-8-13-4-5-15(25-18(13)30(12)16)20(31)27-17-11-29(3)19(26-17)22(33)24-14-6-7-28(2)10-14/h4-5,8,11-12,14H,6-7,9-10H2,1-3H3,(H,23,32)(H,24,33)(H,27,31)/t12-,14-/m1/s1. The van der Waals surface area contributed by atoms with Gasteiger partial charge in [-0.05, 0) is 45.1 Å². The summed E-state index contributed by atoms with van der Waals surface area (Å²) in [5.41, 5.74) is 1.32. The average molecular weight is 451 g/mol. The number of anilines is 1. The van der Waals surface area contributed by atoms with E-state index in [4.69, 9.17) is 0 Å². The lowest BCUT2D eigenvalue weighted by atomic mass is 10.2. The van der Waals surface area contributed by atoms with Gasteiger partial charge in [-0.3, -0.25) is 14.4 Å². The van der Waals surface area contributed by atoms with Gasteiger partial charge in [0.2, 0.25) is 5.82 Å². The summed E-state index contributed by atoms with van der Waals surface area (Å²) in [6, 6.07) is 5.28. The fourth-order valence-corrected chi connectivity index (χ4v) is 4.49. The Morgan fingerprint density at radius 1 is 1.18 bits per heavy atom. The number of aromatic nitrogens is 4. The molecule has 3 aromatic rings. The van der Waals surface area contributed by atoms with Gasteiger partial charge in [0.1, 0.15) is 17.0 Å². The van der Waals surface area contributed by atoms with E-state index in [-0.39, 0.29) is 41.2 Å². The second-order valence-corrected chi connectivity index (χ2v) is 8.80. The number of nitrogens with one attached hydrogen (secondary N) is 3. The first kappa shape index (κ1) is 21.1. The Bertz CT molecular complexity index is 1280. The van der Waals surface area contributed by atoms with Crippen molar-refractivity contribution < 1.29 is 14.4 Å². The number of hydrogen-bond acceptors (Lipinski definition) is 6. The molecule has 172 valence electrons. The van der Waals surface area contributed by atoms with Gasteiger partial charge in [0.15, 0.2) is 5.82 Å². The van der Waals surface area contributed by atoms with E-state index in [0.717, 1.165) is 24.9 Å². The van der Waals surface area contributed by atoms with Gasteiger partial charge in [0.05, 0.1) is 6.04 Å². The van der Waals surface area contributed by atoms with Crippen LogP contribution in [0.15, 0.2) is 24.4 Å². The molecule has 2 aliphatic heterocycles. The number of imidazole rings is 1. The summed E-state index contributed by atoms with van der Waals surface area (Å²) in [5, 5.41) is 9.36. The zero-order chi connectivity index (χ0) is 23.3. The maximum atomic E-state index is 12.9. The van der Waals surface area contributed by atoms with Gasteiger partial charge < -0.3 is 30.0 Å². The van der Waals surface area contributed by atoms with Crippen LogP contribution in [0.4, 0.5) is 5.82 Å². The monoisotopic (exact) mass is 450 g/mol. The number of pyridine rings is 1. The molecule has 11 nitrogen and oxygen atoms in total. The molecule has 5 rings (SSSR count). The summed E-state index contributed by atoms with van der Waals surface area (Å²) in [6.07, 6.45) is 2.49. The van der Waals surface area contributed by atoms with Crippen LogP contribution in [-0.2, 0) is 7.05 Å². The van der Waals surface area contributed by atoms with Crippen molar-refractivity contribution in [2.24, 2.45) is 7.05 Å². The SMILES string of the molecule is C[C@@H]1CNC(=O)c2cc3ccc(C(=O)Nc4cn(C)c(C(=O)N[C@@H]5CCN(C)C5)n4)nc3n21. The summed E-state index contributed by atoms with van der Waals surface area (Å²) in [4.78, 5) is 48.7. The van der Waals surface area contributed by atoms with E-state index in [1.807, 2.05) is 18.5 Å². The van der Waals surface area contributed by atoms with Crippen molar-refractivity contribution in [3.05, 3.63) is 41.6 Å². The summed E-state index contributed by atoms with van der Waals surface area (Å²) < 4.78 is 3.44. The highest BCUT2D eigenvalue weighted by Gasteiger charge is 2.26. The van der Waals surface area contributed by atoms with Crippen LogP contribution in [-0.4, -0.2) is 74.4 Å². The molecule has 0 unspecified atom stereocenters. The molecule has 1 saturated heterocycles. The van der Waals surface area contributed by atoms with E-state index in [0.29, 0.717) is 17.9 Å².